The van der Waals surface area contributed by atoms with Crippen LogP contribution in [0, 0.1) is 11.8 Å². The lowest BCUT2D eigenvalue weighted by Crippen LogP contribution is -2.35. The molecule has 3 atom stereocenters. The number of anilines is 1. The van der Waals surface area contributed by atoms with Crippen molar-refractivity contribution in [1.82, 2.24) is 5.32 Å². The number of rotatable bonds is 10. The minimum Gasteiger partial charge on any atom is -0.501 e. The Morgan fingerprint density at radius 1 is 1.23 bits per heavy atom. The second-order valence-corrected chi connectivity index (χ2v) is 7.03. The fourth-order valence-electron chi connectivity index (χ4n) is 3.14. The van der Waals surface area contributed by atoms with Crippen molar-refractivity contribution in [2.75, 3.05) is 25.1 Å². The highest BCUT2D eigenvalue weighted by Crippen LogP contribution is 2.26. The zero-order valence-corrected chi connectivity index (χ0v) is 17.2. The molecule has 1 aliphatic rings. The highest BCUT2D eigenvalue weighted by Gasteiger charge is 2.40. The van der Waals surface area contributed by atoms with E-state index in [4.69, 9.17) is 21.7 Å². The van der Waals surface area contributed by atoms with Gasteiger partial charge in [-0.25, -0.2) is 4.79 Å². The Labute approximate surface area is 179 Å². The van der Waals surface area contributed by atoms with Crippen LogP contribution in [0.1, 0.15) is 16.8 Å². The van der Waals surface area contributed by atoms with Crippen LogP contribution in [0.4, 0.5) is 5.69 Å². The monoisotopic (exact) mass is 432 g/mol. The van der Waals surface area contributed by atoms with Gasteiger partial charge in [-0.3, -0.25) is 9.59 Å². The van der Waals surface area contributed by atoms with Gasteiger partial charge in [0.25, 0.3) is 0 Å². The van der Waals surface area contributed by atoms with Crippen molar-refractivity contribution in [3.05, 3.63) is 55.1 Å². The van der Waals surface area contributed by atoms with Gasteiger partial charge in [0, 0.05) is 6.54 Å². The molecule has 2 rings (SSSR count). The molecule has 1 aliphatic heterocycles. The van der Waals surface area contributed by atoms with E-state index in [9.17, 15) is 19.5 Å². The number of para-hydroxylation sites is 1. The number of carbonyl (C=O) groups is 3. The maximum Gasteiger partial charge on any atom is 0.340 e. The van der Waals surface area contributed by atoms with E-state index in [2.05, 4.69) is 23.8 Å². The summed E-state index contributed by atoms with van der Waals surface area (Å²) in [5.41, 5.74) is 0.520. The summed E-state index contributed by atoms with van der Waals surface area (Å²) < 4.78 is 10.0. The van der Waals surface area contributed by atoms with Crippen LogP contribution in [-0.2, 0) is 19.1 Å². The molecule has 1 unspecified atom stereocenters. The van der Waals surface area contributed by atoms with Gasteiger partial charge in [-0.15, -0.1) is 0 Å². The molecule has 0 bridgehead atoms. The maximum atomic E-state index is 12.7. The number of hydrogen-bond acceptors (Lipinski definition) is 7. The Morgan fingerprint density at radius 2 is 1.90 bits per heavy atom. The number of aliphatic hydroxyl groups excluding tert-OH is 1. The van der Waals surface area contributed by atoms with Gasteiger partial charge in [0.15, 0.2) is 5.05 Å². The maximum absolute atomic E-state index is 12.7. The van der Waals surface area contributed by atoms with Crippen molar-refractivity contribution < 1.29 is 29.0 Å². The molecule has 0 aliphatic carbocycles. The summed E-state index contributed by atoms with van der Waals surface area (Å²) in [5.74, 6) is -3.07. The summed E-state index contributed by atoms with van der Waals surface area (Å²) in [5, 5.41) is 15.0. The van der Waals surface area contributed by atoms with Gasteiger partial charge in [0.1, 0.15) is 19.1 Å². The fourth-order valence-corrected chi connectivity index (χ4v) is 3.43. The van der Waals surface area contributed by atoms with E-state index in [0.717, 1.165) is 0 Å². The molecule has 8 nitrogen and oxygen atoms in total. The Kier molecular flexibility index (Phi) is 8.70. The molecule has 0 saturated carbocycles. The predicted molar refractivity (Wildman–Crippen MR) is 115 cm³/mol. The average Bonchev–Trinajstić information content (AvgIpc) is 3.20. The highest BCUT2D eigenvalue weighted by atomic mass is 32.1. The third-order valence-corrected chi connectivity index (χ3v) is 4.81. The molecular formula is C21H24N2O6S. The molecule has 30 heavy (non-hydrogen) atoms. The minimum atomic E-state index is -1.02. The van der Waals surface area contributed by atoms with Crippen LogP contribution in [0.3, 0.4) is 0 Å². The predicted octanol–water partition coefficient (Wildman–Crippen LogP) is 2.18. The first-order valence-corrected chi connectivity index (χ1v) is 9.71. The number of esters is 2. The SMILES string of the molecule is C=CCOC(=O)c1ccccc1NC(=O)C1C[C@@H]([C@@H](C(=O)OCC=C)C(O)=S)CN1. The molecule has 1 aromatic carbocycles. The van der Waals surface area contributed by atoms with E-state index in [1.165, 1.54) is 12.2 Å². The number of benzene rings is 1. The van der Waals surface area contributed by atoms with Crippen molar-refractivity contribution in [2.45, 2.75) is 12.5 Å². The Hall–Kier alpha value is -3.04. The summed E-state index contributed by atoms with van der Waals surface area (Å²) >= 11 is 4.81. The third kappa shape index (κ3) is 5.98. The number of amides is 1. The molecule has 160 valence electrons. The molecule has 1 amide bonds. The van der Waals surface area contributed by atoms with Crippen molar-refractivity contribution in [3.63, 3.8) is 0 Å². The zero-order valence-electron chi connectivity index (χ0n) is 16.3. The van der Waals surface area contributed by atoms with Gasteiger partial charge in [-0.2, -0.15) is 0 Å². The Morgan fingerprint density at radius 3 is 2.57 bits per heavy atom. The van der Waals surface area contributed by atoms with Crippen LogP contribution in [0.25, 0.3) is 0 Å². The summed E-state index contributed by atoms with van der Waals surface area (Å²) in [6.07, 6.45) is 3.11. The third-order valence-electron chi connectivity index (χ3n) is 4.55. The minimum absolute atomic E-state index is 0.000741. The van der Waals surface area contributed by atoms with E-state index in [1.54, 1.807) is 24.3 Å². The van der Waals surface area contributed by atoms with Crippen LogP contribution < -0.4 is 10.6 Å². The van der Waals surface area contributed by atoms with Gasteiger partial charge in [-0.1, -0.05) is 37.4 Å². The van der Waals surface area contributed by atoms with Crippen LogP contribution >= 0.6 is 12.2 Å². The van der Waals surface area contributed by atoms with Gasteiger partial charge in [0.2, 0.25) is 5.91 Å². The van der Waals surface area contributed by atoms with Crippen LogP contribution in [0.5, 0.6) is 0 Å². The topological polar surface area (TPSA) is 114 Å². The Bertz CT molecular complexity index is 841. The molecule has 1 fully saturated rings. The Balaban J connectivity index is 2.05. The van der Waals surface area contributed by atoms with E-state index >= 15 is 0 Å². The van der Waals surface area contributed by atoms with E-state index in [1.807, 2.05) is 0 Å². The van der Waals surface area contributed by atoms with Crippen molar-refractivity contribution in [2.24, 2.45) is 11.8 Å². The van der Waals surface area contributed by atoms with Gasteiger partial charge in [0.05, 0.1) is 17.3 Å². The molecule has 1 saturated heterocycles. The first-order chi connectivity index (χ1) is 14.4. The second-order valence-electron chi connectivity index (χ2n) is 6.61. The van der Waals surface area contributed by atoms with Crippen molar-refractivity contribution in [1.29, 1.82) is 0 Å². The largest absolute Gasteiger partial charge is 0.501 e. The molecule has 0 spiro atoms. The normalized spacial score (nSPS) is 18.7. The number of thiocarbonyl (C=S) groups is 1. The quantitative estimate of drug-likeness (QED) is 0.293. The molecule has 1 aromatic rings. The molecule has 0 radical (unpaired) electrons. The van der Waals surface area contributed by atoms with Crippen molar-refractivity contribution >= 4 is 40.8 Å². The molecule has 9 heteroatoms. The summed E-state index contributed by atoms with van der Waals surface area (Å²) in [4.78, 5) is 37.1. The standard InChI is InChI=1S/C21H24N2O6S/c1-3-9-28-19(25)14-7-5-6-8-15(14)23-18(24)16-11-13(12-22-16)17(21(27)30)20(26)29-10-4-2/h3-8,13,16-17,22H,1-2,9-12H2,(H,23,24)(H,27,30)/t13-,16?,17+/m1/s1. The van der Waals surface area contributed by atoms with E-state index in [0.29, 0.717) is 5.69 Å². The number of ether oxygens (including phenoxy) is 2. The number of carbonyl (C=O) groups excluding carboxylic acids is 3. The van der Waals surface area contributed by atoms with Crippen LogP contribution in [-0.4, -0.2) is 53.8 Å². The summed E-state index contributed by atoms with van der Waals surface area (Å²) in [6.45, 7) is 7.30. The summed E-state index contributed by atoms with van der Waals surface area (Å²) in [6, 6.07) is 5.83. The van der Waals surface area contributed by atoms with Crippen molar-refractivity contribution in [3.8, 4) is 0 Å². The van der Waals surface area contributed by atoms with Gasteiger partial charge < -0.3 is 25.2 Å². The van der Waals surface area contributed by atoms with E-state index < -0.39 is 34.9 Å². The second kappa shape index (κ2) is 11.2. The zero-order chi connectivity index (χ0) is 22.1. The molecule has 0 aromatic heterocycles. The number of nitrogens with one attached hydrogen (secondary N) is 2. The molecule has 3 N–H and O–H groups in total. The first-order valence-electron chi connectivity index (χ1n) is 9.30. The van der Waals surface area contributed by atoms with Crippen LogP contribution in [0.2, 0.25) is 0 Å². The summed E-state index contributed by atoms with van der Waals surface area (Å²) in [7, 11) is 0. The van der Waals surface area contributed by atoms with Crippen LogP contribution in [0.15, 0.2) is 49.6 Å². The lowest BCUT2D eigenvalue weighted by Gasteiger charge is -2.19. The lowest BCUT2D eigenvalue weighted by molar-refractivity contribution is -0.146. The fraction of sp³-hybridized carbons (Fsp3) is 0.333. The first kappa shape index (κ1) is 23.2. The highest BCUT2D eigenvalue weighted by molar-refractivity contribution is 7.80. The smallest absolute Gasteiger partial charge is 0.340 e. The molecule has 1 heterocycles. The average molecular weight is 432 g/mol. The van der Waals surface area contributed by atoms with Gasteiger partial charge >= 0.3 is 11.9 Å². The lowest BCUT2D eigenvalue weighted by atomic mass is 9.90. The number of hydrogen-bond donors (Lipinski definition) is 3. The van der Waals surface area contributed by atoms with E-state index in [-0.39, 0.29) is 37.6 Å². The van der Waals surface area contributed by atoms with Gasteiger partial charge in [-0.05, 0) is 36.7 Å². The molecular weight excluding hydrogens is 408 g/mol. The number of aliphatic hydroxyl groups is 1.